The average Bonchev–Trinajstić information content (AvgIpc) is 3.52. The van der Waals surface area contributed by atoms with E-state index >= 15 is 0 Å². The Labute approximate surface area is 210 Å². The molecule has 2 amide bonds. The van der Waals surface area contributed by atoms with E-state index in [1.54, 1.807) is 0 Å². The molecule has 36 heavy (non-hydrogen) atoms. The molecule has 8 nitrogen and oxygen atoms in total. The molecule has 5 rings (SSSR count). The maximum atomic E-state index is 12.7. The lowest BCUT2D eigenvalue weighted by atomic mass is 9.80. The largest absolute Gasteiger partial charge is 0.356 e. The van der Waals surface area contributed by atoms with Crippen molar-refractivity contribution in [2.24, 2.45) is 11.8 Å². The summed E-state index contributed by atoms with van der Waals surface area (Å²) in [5.74, 6) is 1.86. The van der Waals surface area contributed by atoms with Gasteiger partial charge in [-0.15, -0.1) is 0 Å². The molecule has 2 heterocycles. The van der Waals surface area contributed by atoms with Gasteiger partial charge in [-0.3, -0.25) is 9.59 Å². The summed E-state index contributed by atoms with van der Waals surface area (Å²) >= 11 is 0. The molecule has 0 spiro atoms. The minimum absolute atomic E-state index is 0.0713. The van der Waals surface area contributed by atoms with Gasteiger partial charge < -0.3 is 20.6 Å². The standard InChI is InChI=1S/C28H34N6O2/c35-27(29-16-6-14-25-31-21-10-1-2-11-22(21)32-25)19-8-5-9-20(18-19)28(36)30-17-7-15-26-33-23-12-3-4-13-24(23)34-26/h1-4,10-13,19-20H,5-9,14-18H2,(H,29,35)(H,30,36)(H,31,32)(H,33,34). The predicted molar refractivity (Wildman–Crippen MR) is 140 cm³/mol. The fourth-order valence-electron chi connectivity index (χ4n) is 5.14. The van der Waals surface area contributed by atoms with Gasteiger partial charge in [0.2, 0.25) is 11.8 Å². The Kier molecular flexibility index (Phi) is 7.59. The fraction of sp³-hybridized carbons (Fsp3) is 0.429. The van der Waals surface area contributed by atoms with Crippen LogP contribution in [0.5, 0.6) is 0 Å². The molecule has 188 valence electrons. The molecular formula is C28H34N6O2. The van der Waals surface area contributed by atoms with Crippen LogP contribution < -0.4 is 10.6 Å². The van der Waals surface area contributed by atoms with Crippen LogP contribution in [-0.4, -0.2) is 44.8 Å². The maximum Gasteiger partial charge on any atom is 0.223 e. The summed E-state index contributed by atoms with van der Waals surface area (Å²) in [6.45, 7) is 1.23. The third-order valence-corrected chi connectivity index (χ3v) is 7.07. The minimum atomic E-state index is -0.0868. The van der Waals surface area contributed by atoms with Crippen LogP contribution in [0.25, 0.3) is 22.1 Å². The van der Waals surface area contributed by atoms with E-state index < -0.39 is 0 Å². The number of amides is 2. The van der Waals surface area contributed by atoms with E-state index in [0.29, 0.717) is 19.5 Å². The van der Waals surface area contributed by atoms with Crippen molar-refractivity contribution in [2.45, 2.75) is 51.4 Å². The third-order valence-electron chi connectivity index (χ3n) is 7.07. The van der Waals surface area contributed by atoms with Crippen LogP contribution in [0.3, 0.4) is 0 Å². The highest BCUT2D eigenvalue weighted by atomic mass is 16.2. The number of benzene rings is 2. The lowest BCUT2D eigenvalue weighted by Crippen LogP contribution is -2.39. The summed E-state index contributed by atoms with van der Waals surface area (Å²) in [6, 6.07) is 16.0. The first-order valence-corrected chi connectivity index (χ1v) is 13.1. The van der Waals surface area contributed by atoms with Crippen LogP contribution >= 0.6 is 0 Å². The SMILES string of the molecule is O=C(NCCCc1nc2ccccc2[nH]1)C1CCCC(C(=O)NCCCc2nc3ccccc3[nH]2)C1. The monoisotopic (exact) mass is 486 g/mol. The van der Waals surface area contributed by atoms with E-state index in [2.05, 4.69) is 30.6 Å². The van der Waals surface area contributed by atoms with E-state index in [4.69, 9.17) is 0 Å². The van der Waals surface area contributed by atoms with Crippen molar-refractivity contribution in [1.29, 1.82) is 0 Å². The van der Waals surface area contributed by atoms with Crippen molar-refractivity contribution in [3.63, 3.8) is 0 Å². The van der Waals surface area contributed by atoms with Crippen LogP contribution in [0.2, 0.25) is 0 Å². The Morgan fingerprint density at radius 1 is 0.750 bits per heavy atom. The van der Waals surface area contributed by atoms with Crippen molar-refractivity contribution in [3.05, 3.63) is 60.2 Å². The molecule has 0 bridgehead atoms. The van der Waals surface area contributed by atoms with Crippen molar-refractivity contribution in [1.82, 2.24) is 30.6 Å². The second-order valence-corrected chi connectivity index (χ2v) is 9.75. The Balaban J connectivity index is 0.999. The number of nitrogens with zero attached hydrogens (tertiary/aromatic N) is 2. The third kappa shape index (κ3) is 5.93. The van der Waals surface area contributed by atoms with Gasteiger partial charge in [-0.05, 0) is 56.4 Å². The number of aryl methyl sites for hydroxylation is 2. The average molecular weight is 487 g/mol. The predicted octanol–water partition coefficient (Wildman–Crippen LogP) is 4.04. The molecule has 8 heteroatoms. The zero-order chi connectivity index (χ0) is 24.7. The first kappa shape index (κ1) is 24.0. The normalized spacial score (nSPS) is 17.9. The summed E-state index contributed by atoms with van der Waals surface area (Å²) < 4.78 is 0. The minimum Gasteiger partial charge on any atom is -0.356 e. The lowest BCUT2D eigenvalue weighted by Gasteiger charge is -2.27. The Bertz CT molecular complexity index is 1160. The molecule has 2 aromatic heterocycles. The van der Waals surface area contributed by atoms with Gasteiger partial charge in [0.15, 0.2) is 0 Å². The van der Waals surface area contributed by atoms with Gasteiger partial charge in [0.25, 0.3) is 0 Å². The number of nitrogens with one attached hydrogen (secondary N) is 4. The highest BCUT2D eigenvalue weighted by Gasteiger charge is 2.30. The van der Waals surface area contributed by atoms with Gasteiger partial charge in [0, 0.05) is 37.8 Å². The molecule has 1 aliphatic rings. The van der Waals surface area contributed by atoms with Gasteiger partial charge in [-0.25, -0.2) is 9.97 Å². The molecule has 2 atom stereocenters. The molecule has 1 saturated carbocycles. The number of carbonyl (C=O) groups is 2. The van der Waals surface area contributed by atoms with Crippen LogP contribution in [-0.2, 0) is 22.4 Å². The second-order valence-electron chi connectivity index (χ2n) is 9.75. The summed E-state index contributed by atoms with van der Waals surface area (Å²) in [6.07, 6.45) is 6.48. The number of hydrogen-bond donors (Lipinski definition) is 4. The molecular weight excluding hydrogens is 452 g/mol. The van der Waals surface area contributed by atoms with Crippen LogP contribution in [0, 0.1) is 11.8 Å². The lowest BCUT2D eigenvalue weighted by molar-refractivity contribution is -0.130. The van der Waals surface area contributed by atoms with E-state index in [1.165, 1.54) is 0 Å². The molecule has 2 aromatic carbocycles. The zero-order valence-electron chi connectivity index (χ0n) is 20.6. The van der Waals surface area contributed by atoms with Crippen LogP contribution in [0.15, 0.2) is 48.5 Å². The summed E-state index contributed by atoms with van der Waals surface area (Å²) in [4.78, 5) is 41.3. The number of carbonyl (C=O) groups excluding carboxylic acids is 2. The molecule has 0 radical (unpaired) electrons. The Morgan fingerprint density at radius 3 is 1.69 bits per heavy atom. The van der Waals surface area contributed by atoms with Crippen molar-refractivity contribution in [3.8, 4) is 0 Å². The number of H-pyrrole nitrogens is 2. The number of hydrogen-bond acceptors (Lipinski definition) is 4. The number of aromatic amines is 2. The van der Waals surface area contributed by atoms with Gasteiger partial charge in [0.05, 0.1) is 22.1 Å². The fourth-order valence-corrected chi connectivity index (χ4v) is 5.14. The van der Waals surface area contributed by atoms with E-state index in [1.807, 2.05) is 48.5 Å². The first-order valence-electron chi connectivity index (χ1n) is 13.1. The topological polar surface area (TPSA) is 116 Å². The number of fused-ring (bicyclic) bond motifs is 2. The van der Waals surface area contributed by atoms with Gasteiger partial charge in [-0.2, -0.15) is 0 Å². The molecule has 0 aliphatic heterocycles. The molecule has 1 aliphatic carbocycles. The first-order chi connectivity index (χ1) is 17.7. The molecule has 4 N–H and O–H groups in total. The van der Waals surface area contributed by atoms with Crippen molar-refractivity contribution in [2.75, 3.05) is 13.1 Å². The zero-order valence-corrected chi connectivity index (χ0v) is 20.6. The van der Waals surface area contributed by atoms with Crippen LogP contribution in [0.1, 0.15) is 50.2 Å². The molecule has 2 unspecified atom stereocenters. The number of imidazole rings is 2. The highest BCUT2D eigenvalue weighted by Crippen LogP contribution is 2.29. The summed E-state index contributed by atoms with van der Waals surface area (Å²) in [7, 11) is 0. The second kappa shape index (κ2) is 11.4. The van der Waals surface area contributed by atoms with E-state index in [-0.39, 0.29) is 23.7 Å². The molecule has 1 fully saturated rings. The Hall–Kier alpha value is -3.68. The van der Waals surface area contributed by atoms with Gasteiger partial charge in [0.1, 0.15) is 11.6 Å². The summed E-state index contributed by atoms with van der Waals surface area (Å²) in [5, 5.41) is 6.15. The van der Waals surface area contributed by atoms with Crippen LogP contribution in [0.4, 0.5) is 0 Å². The van der Waals surface area contributed by atoms with E-state index in [0.717, 1.165) is 78.7 Å². The highest BCUT2D eigenvalue weighted by molar-refractivity contribution is 5.82. The Morgan fingerprint density at radius 2 is 1.22 bits per heavy atom. The van der Waals surface area contributed by atoms with Crippen molar-refractivity contribution >= 4 is 33.9 Å². The van der Waals surface area contributed by atoms with Gasteiger partial charge >= 0.3 is 0 Å². The van der Waals surface area contributed by atoms with Gasteiger partial charge in [-0.1, -0.05) is 30.7 Å². The maximum absolute atomic E-state index is 12.7. The quantitative estimate of drug-likeness (QED) is 0.253. The molecule has 0 saturated heterocycles. The molecule has 4 aromatic rings. The smallest absolute Gasteiger partial charge is 0.223 e. The summed E-state index contributed by atoms with van der Waals surface area (Å²) in [5.41, 5.74) is 4.02. The number of para-hydroxylation sites is 4. The number of rotatable bonds is 10. The number of aromatic nitrogens is 4. The van der Waals surface area contributed by atoms with E-state index in [9.17, 15) is 9.59 Å². The van der Waals surface area contributed by atoms with Crippen molar-refractivity contribution < 1.29 is 9.59 Å².